The Balaban J connectivity index is 1.38. The average Bonchev–Trinajstić information content (AvgIpc) is 3.83. The second kappa shape index (κ2) is 7.87. The first-order valence-electron chi connectivity index (χ1n) is 15.8. The van der Waals surface area contributed by atoms with E-state index in [0.717, 1.165) is 22.5 Å². The highest BCUT2D eigenvalue weighted by Crippen LogP contribution is 2.50. The molecule has 4 aromatic heterocycles. The number of rotatable bonds is 1. The van der Waals surface area contributed by atoms with E-state index < -0.39 is 0 Å². The molecule has 210 valence electrons. The predicted octanol–water partition coefficient (Wildman–Crippen LogP) is 10.7. The maximum Gasteiger partial charge on any atom is 0.0971 e. The Kier molecular flexibility index (Phi) is 3.96. The molecule has 11 aromatic rings. The number of hydrogen-bond acceptors (Lipinski definition) is 2. The van der Waals surface area contributed by atoms with Gasteiger partial charge in [-0.05, 0) is 47.2 Å². The fourth-order valence-electron chi connectivity index (χ4n) is 8.74. The monoisotopic (exact) mass is 582 g/mol. The molecule has 0 saturated heterocycles. The largest absolute Gasteiger partial charge is 0.308 e. The van der Waals surface area contributed by atoms with Crippen LogP contribution < -0.4 is 0 Å². The lowest BCUT2D eigenvalue weighted by molar-refractivity contribution is 1.21. The molecule has 0 amide bonds. The Labute approximate surface area is 261 Å². The molecule has 12 rings (SSSR count). The SMILES string of the molecule is c1ccc2c(c1)ccc1c2c2cc3c4ccccc4n4c5ccccc5c(c2n1-c1ccc2c5c(cccc15)-c1nccnc1-2)c34. The molecule has 4 heteroatoms. The summed E-state index contributed by atoms with van der Waals surface area (Å²) >= 11 is 0. The second-order valence-electron chi connectivity index (χ2n) is 12.5. The van der Waals surface area contributed by atoms with Crippen LogP contribution in [0.3, 0.4) is 0 Å². The number of hydrogen-bond donors (Lipinski definition) is 0. The first-order valence-corrected chi connectivity index (χ1v) is 15.8. The Bertz CT molecular complexity index is 3110. The maximum atomic E-state index is 4.77. The van der Waals surface area contributed by atoms with Crippen molar-refractivity contribution in [1.29, 1.82) is 0 Å². The van der Waals surface area contributed by atoms with E-state index in [1.54, 1.807) is 12.4 Å². The summed E-state index contributed by atoms with van der Waals surface area (Å²) in [5.41, 5.74) is 11.7. The normalized spacial score (nSPS) is 12.8. The summed E-state index contributed by atoms with van der Waals surface area (Å²) in [5.74, 6) is 0. The van der Waals surface area contributed by atoms with Gasteiger partial charge in [-0.1, -0.05) is 84.9 Å². The molecule has 0 N–H and O–H groups in total. The lowest BCUT2D eigenvalue weighted by Crippen LogP contribution is -1.96. The number of nitrogens with zero attached hydrogens (tertiary/aromatic N) is 4. The minimum absolute atomic E-state index is 0.965. The lowest BCUT2D eigenvalue weighted by Gasteiger charge is -2.14. The summed E-state index contributed by atoms with van der Waals surface area (Å²) in [6.45, 7) is 0. The van der Waals surface area contributed by atoms with Crippen LogP contribution in [0.4, 0.5) is 0 Å². The number of fused-ring (bicyclic) bond motifs is 15. The molecule has 1 aliphatic rings. The van der Waals surface area contributed by atoms with Crippen LogP contribution in [0, 0.1) is 0 Å². The smallest absolute Gasteiger partial charge is 0.0971 e. The summed E-state index contributed by atoms with van der Waals surface area (Å²) in [4.78, 5) is 9.54. The van der Waals surface area contributed by atoms with Gasteiger partial charge in [0.25, 0.3) is 0 Å². The summed E-state index contributed by atoms with van der Waals surface area (Å²) < 4.78 is 5.03. The minimum atomic E-state index is 0.965. The summed E-state index contributed by atoms with van der Waals surface area (Å²) in [6.07, 6.45) is 3.60. The van der Waals surface area contributed by atoms with E-state index in [4.69, 9.17) is 9.97 Å². The summed E-state index contributed by atoms with van der Waals surface area (Å²) in [6, 6.07) is 44.8. The van der Waals surface area contributed by atoms with Crippen molar-refractivity contribution in [3.05, 3.63) is 134 Å². The topological polar surface area (TPSA) is 35.1 Å². The van der Waals surface area contributed by atoms with E-state index in [1.165, 1.54) is 87.1 Å². The van der Waals surface area contributed by atoms with Gasteiger partial charge in [-0.15, -0.1) is 0 Å². The van der Waals surface area contributed by atoms with E-state index in [9.17, 15) is 0 Å². The fourth-order valence-corrected chi connectivity index (χ4v) is 8.74. The predicted molar refractivity (Wildman–Crippen MR) is 190 cm³/mol. The molecular weight excluding hydrogens is 560 g/mol. The van der Waals surface area contributed by atoms with Gasteiger partial charge >= 0.3 is 0 Å². The lowest BCUT2D eigenvalue weighted by atomic mass is 10.0. The van der Waals surface area contributed by atoms with Gasteiger partial charge in [0.05, 0.1) is 44.7 Å². The van der Waals surface area contributed by atoms with Crippen LogP contribution in [0.5, 0.6) is 0 Å². The van der Waals surface area contributed by atoms with Crippen molar-refractivity contribution in [3.8, 4) is 28.2 Å². The van der Waals surface area contributed by atoms with Crippen LogP contribution in [0.15, 0.2) is 134 Å². The zero-order valence-electron chi connectivity index (χ0n) is 24.5. The van der Waals surface area contributed by atoms with Crippen LogP contribution in [-0.4, -0.2) is 18.9 Å². The zero-order chi connectivity index (χ0) is 29.7. The van der Waals surface area contributed by atoms with Crippen LogP contribution in [0.1, 0.15) is 0 Å². The minimum Gasteiger partial charge on any atom is -0.308 e. The quantitative estimate of drug-likeness (QED) is 0.193. The number of aromatic nitrogens is 4. The Hall–Kier alpha value is -6.26. The molecule has 0 fully saturated rings. The Morgan fingerprint density at radius 2 is 1.11 bits per heavy atom. The van der Waals surface area contributed by atoms with Gasteiger partial charge in [-0.25, -0.2) is 0 Å². The van der Waals surface area contributed by atoms with E-state index in [2.05, 4.69) is 130 Å². The van der Waals surface area contributed by atoms with Crippen molar-refractivity contribution in [3.63, 3.8) is 0 Å². The molecule has 0 aliphatic heterocycles. The van der Waals surface area contributed by atoms with Gasteiger partial charge in [-0.2, -0.15) is 0 Å². The average molecular weight is 583 g/mol. The molecule has 4 heterocycles. The molecule has 46 heavy (non-hydrogen) atoms. The first-order chi connectivity index (χ1) is 22.9. The third-order valence-electron chi connectivity index (χ3n) is 10.5. The van der Waals surface area contributed by atoms with E-state index in [0.29, 0.717) is 0 Å². The first kappa shape index (κ1) is 23.2. The summed E-state index contributed by atoms with van der Waals surface area (Å²) in [5, 5.41) is 12.7. The molecule has 0 saturated carbocycles. The van der Waals surface area contributed by atoms with Crippen LogP contribution in [0.2, 0.25) is 0 Å². The molecule has 1 aliphatic carbocycles. The fraction of sp³-hybridized carbons (Fsp3) is 0. The van der Waals surface area contributed by atoms with Gasteiger partial charge in [-0.3, -0.25) is 9.97 Å². The highest BCUT2D eigenvalue weighted by molar-refractivity contribution is 6.36. The van der Waals surface area contributed by atoms with Crippen molar-refractivity contribution in [2.75, 3.05) is 0 Å². The third kappa shape index (κ3) is 2.54. The van der Waals surface area contributed by atoms with Crippen molar-refractivity contribution in [1.82, 2.24) is 18.9 Å². The molecule has 0 spiro atoms. The van der Waals surface area contributed by atoms with Crippen molar-refractivity contribution in [2.24, 2.45) is 0 Å². The van der Waals surface area contributed by atoms with E-state index in [1.807, 2.05) is 0 Å². The zero-order valence-corrected chi connectivity index (χ0v) is 24.5. The number of benzene rings is 7. The Morgan fingerprint density at radius 3 is 1.96 bits per heavy atom. The Morgan fingerprint density at radius 1 is 0.413 bits per heavy atom. The number of para-hydroxylation sites is 2. The van der Waals surface area contributed by atoms with Gasteiger partial charge < -0.3 is 8.97 Å². The maximum absolute atomic E-state index is 4.77. The van der Waals surface area contributed by atoms with Crippen molar-refractivity contribution in [2.45, 2.75) is 0 Å². The van der Waals surface area contributed by atoms with Crippen molar-refractivity contribution >= 4 is 81.4 Å². The van der Waals surface area contributed by atoms with Crippen molar-refractivity contribution < 1.29 is 0 Å². The van der Waals surface area contributed by atoms with Crippen LogP contribution in [-0.2, 0) is 0 Å². The van der Waals surface area contributed by atoms with Crippen LogP contribution in [0.25, 0.3) is 110 Å². The van der Waals surface area contributed by atoms with Gasteiger partial charge in [0.15, 0.2) is 0 Å². The van der Waals surface area contributed by atoms with Gasteiger partial charge in [0, 0.05) is 66.6 Å². The van der Waals surface area contributed by atoms with E-state index >= 15 is 0 Å². The van der Waals surface area contributed by atoms with E-state index in [-0.39, 0.29) is 0 Å². The highest BCUT2D eigenvalue weighted by Gasteiger charge is 2.28. The molecule has 0 atom stereocenters. The molecule has 4 nitrogen and oxygen atoms in total. The molecular formula is C42H22N4. The highest BCUT2D eigenvalue weighted by atomic mass is 15.0. The third-order valence-corrected chi connectivity index (χ3v) is 10.5. The van der Waals surface area contributed by atoms with Gasteiger partial charge in [0.2, 0.25) is 0 Å². The molecule has 0 bridgehead atoms. The van der Waals surface area contributed by atoms with Crippen LogP contribution >= 0.6 is 0 Å². The van der Waals surface area contributed by atoms with Gasteiger partial charge in [0.1, 0.15) is 0 Å². The summed E-state index contributed by atoms with van der Waals surface area (Å²) in [7, 11) is 0. The molecule has 7 aromatic carbocycles. The second-order valence-corrected chi connectivity index (χ2v) is 12.5. The molecule has 0 radical (unpaired) electrons. The molecule has 0 unspecified atom stereocenters. The standard InChI is InChI=1S/C42H22N4/c1-2-9-24-23(8-1)16-18-35-37(24)31-22-30-25-10-3-5-14-32(25)45-33-15-6-4-11-27(33)38(41(30)45)42(31)46(35)34-19-17-29-36-26(34)12-7-13-28(36)39-40(29)44-21-20-43-39/h1-22H.